The summed E-state index contributed by atoms with van der Waals surface area (Å²) in [6.07, 6.45) is 3.64. The van der Waals surface area contributed by atoms with Crippen molar-refractivity contribution in [3.05, 3.63) is 114 Å². The fraction of sp³-hybridized carbons (Fsp3) is 0.0435. The Labute approximate surface area is 142 Å². The lowest BCUT2D eigenvalue weighted by molar-refractivity contribution is 0.155. The average molecular weight is 310 g/mol. The van der Waals surface area contributed by atoms with Crippen molar-refractivity contribution in [2.24, 2.45) is 0 Å². The summed E-state index contributed by atoms with van der Waals surface area (Å²) in [5.74, 6) is 6.09. The molecule has 3 rings (SSSR count). The van der Waals surface area contributed by atoms with E-state index in [0.717, 1.165) is 16.7 Å². The van der Waals surface area contributed by atoms with Crippen molar-refractivity contribution in [2.45, 2.75) is 5.60 Å². The van der Waals surface area contributed by atoms with Crippen LogP contribution in [-0.4, -0.2) is 5.11 Å². The normalized spacial score (nSPS) is 13.0. The molecule has 1 unspecified atom stereocenters. The number of hydrogen-bond acceptors (Lipinski definition) is 1. The monoisotopic (exact) mass is 310 g/mol. The molecular weight excluding hydrogens is 292 g/mol. The molecule has 24 heavy (non-hydrogen) atoms. The molecule has 0 aromatic heterocycles. The van der Waals surface area contributed by atoms with Gasteiger partial charge in [-0.1, -0.05) is 96.8 Å². The van der Waals surface area contributed by atoms with Crippen LogP contribution in [0.4, 0.5) is 0 Å². The lowest BCUT2D eigenvalue weighted by Gasteiger charge is -2.18. The van der Waals surface area contributed by atoms with Crippen LogP contribution in [0.3, 0.4) is 0 Å². The molecule has 0 heterocycles. The van der Waals surface area contributed by atoms with E-state index in [9.17, 15) is 5.11 Å². The van der Waals surface area contributed by atoms with Crippen molar-refractivity contribution in [2.75, 3.05) is 0 Å². The first-order valence-corrected chi connectivity index (χ1v) is 7.87. The fourth-order valence-corrected chi connectivity index (χ4v) is 2.37. The Kier molecular flexibility index (Phi) is 4.91. The first-order valence-electron chi connectivity index (χ1n) is 7.87. The Morgan fingerprint density at radius 3 is 1.88 bits per heavy atom. The molecule has 0 saturated carbocycles. The van der Waals surface area contributed by atoms with E-state index in [0.29, 0.717) is 0 Å². The molecule has 0 spiro atoms. The van der Waals surface area contributed by atoms with Gasteiger partial charge in [0.15, 0.2) is 5.60 Å². The largest absolute Gasteiger partial charge is 0.370 e. The van der Waals surface area contributed by atoms with Gasteiger partial charge in [0.2, 0.25) is 0 Å². The van der Waals surface area contributed by atoms with Crippen LogP contribution in [0.25, 0.3) is 6.08 Å². The molecule has 0 amide bonds. The molecule has 1 atom stereocenters. The first kappa shape index (κ1) is 15.8. The van der Waals surface area contributed by atoms with Crippen LogP contribution < -0.4 is 0 Å². The lowest BCUT2D eigenvalue weighted by Crippen LogP contribution is -2.20. The summed E-state index contributed by atoms with van der Waals surface area (Å²) < 4.78 is 0. The van der Waals surface area contributed by atoms with Crippen LogP contribution in [-0.2, 0) is 5.60 Å². The lowest BCUT2D eigenvalue weighted by atomic mass is 9.93. The Balaban J connectivity index is 1.99. The van der Waals surface area contributed by atoms with Gasteiger partial charge in [-0.3, -0.25) is 0 Å². The van der Waals surface area contributed by atoms with E-state index in [1.165, 1.54) is 0 Å². The summed E-state index contributed by atoms with van der Waals surface area (Å²) in [4.78, 5) is 0. The molecule has 116 valence electrons. The minimum atomic E-state index is -1.34. The van der Waals surface area contributed by atoms with Crippen molar-refractivity contribution >= 4 is 6.08 Å². The summed E-state index contributed by atoms with van der Waals surface area (Å²) in [6, 6.07) is 29.1. The maximum atomic E-state index is 11.1. The highest BCUT2D eigenvalue weighted by molar-refractivity contribution is 5.54. The van der Waals surface area contributed by atoms with Gasteiger partial charge in [-0.25, -0.2) is 0 Å². The zero-order valence-corrected chi connectivity index (χ0v) is 13.3. The predicted molar refractivity (Wildman–Crippen MR) is 99.1 cm³/mol. The average Bonchev–Trinajstić information content (AvgIpc) is 2.67. The number of hydrogen-bond donors (Lipinski definition) is 1. The molecule has 0 saturated heterocycles. The van der Waals surface area contributed by atoms with E-state index in [1.807, 2.05) is 97.1 Å². The van der Waals surface area contributed by atoms with Gasteiger partial charge in [0.25, 0.3) is 0 Å². The van der Waals surface area contributed by atoms with Crippen LogP contribution >= 0.6 is 0 Å². The number of rotatable bonds is 3. The first-order chi connectivity index (χ1) is 11.8. The summed E-state index contributed by atoms with van der Waals surface area (Å²) >= 11 is 0. The molecule has 0 fully saturated rings. The Hall–Kier alpha value is -3.08. The SMILES string of the molecule is OC(C#Cc1ccccc1)(/C=C/c1ccccc1)c1ccccc1. The van der Waals surface area contributed by atoms with E-state index >= 15 is 0 Å². The Bertz CT molecular complexity index is 855. The van der Waals surface area contributed by atoms with Gasteiger partial charge in [-0.2, -0.15) is 0 Å². The molecule has 3 aromatic carbocycles. The second-order valence-electron chi connectivity index (χ2n) is 5.49. The highest BCUT2D eigenvalue weighted by Gasteiger charge is 2.23. The summed E-state index contributed by atoms with van der Waals surface area (Å²) in [5, 5.41) is 11.1. The van der Waals surface area contributed by atoms with Crippen molar-refractivity contribution in [1.82, 2.24) is 0 Å². The number of benzene rings is 3. The molecule has 1 nitrogen and oxygen atoms in total. The quantitative estimate of drug-likeness (QED) is 0.699. The third kappa shape index (κ3) is 4.01. The van der Waals surface area contributed by atoms with Crippen LogP contribution in [0.2, 0.25) is 0 Å². The van der Waals surface area contributed by atoms with E-state index in [2.05, 4.69) is 11.8 Å². The zero-order chi connectivity index (χ0) is 16.7. The summed E-state index contributed by atoms with van der Waals surface area (Å²) in [7, 11) is 0. The van der Waals surface area contributed by atoms with Gasteiger partial charge in [-0.15, -0.1) is 0 Å². The maximum absolute atomic E-state index is 11.1. The van der Waals surface area contributed by atoms with Crippen LogP contribution in [0.5, 0.6) is 0 Å². The second-order valence-corrected chi connectivity index (χ2v) is 5.49. The molecule has 0 bridgehead atoms. The molecule has 0 radical (unpaired) electrons. The third-order valence-electron chi connectivity index (χ3n) is 3.70. The van der Waals surface area contributed by atoms with Gasteiger partial charge in [0.1, 0.15) is 0 Å². The van der Waals surface area contributed by atoms with Crippen LogP contribution in [0.15, 0.2) is 97.1 Å². The fourth-order valence-electron chi connectivity index (χ4n) is 2.37. The van der Waals surface area contributed by atoms with Crippen molar-refractivity contribution in [1.29, 1.82) is 0 Å². The molecule has 0 aliphatic rings. The molecule has 0 aliphatic carbocycles. The molecule has 1 heteroatoms. The maximum Gasteiger partial charge on any atom is 0.170 e. The highest BCUT2D eigenvalue weighted by atomic mass is 16.3. The third-order valence-corrected chi connectivity index (χ3v) is 3.70. The van der Waals surface area contributed by atoms with Crippen LogP contribution in [0, 0.1) is 11.8 Å². The minimum Gasteiger partial charge on any atom is -0.370 e. The second kappa shape index (κ2) is 7.46. The van der Waals surface area contributed by atoms with Crippen molar-refractivity contribution in [3.63, 3.8) is 0 Å². The van der Waals surface area contributed by atoms with E-state index < -0.39 is 5.60 Å². The smallest absolute Gasteiger partial charge is 0.170 e. The summed E-state index contributed by atoms with van der Waals surface area (Å²) in [5.41, 5.74) is 1.31. The number of aliphatic hydroxyl groups is 1. The topological polar surface area (TPSA) is 20.2 Å². The summed E-state index contributed by atoms with van der Waals surface area (Å²) in [6.45, 7) is 0. The Morgan fingerprint density at radius 2 is 1.25 bits per heavy atom. The molecular formula is C23H18O. The molecule has 3 aromatic rings. The predicted octanol–water partition coefficient (Wildman–Crippen LogP) is 4.64. The minimum absolute atomic E-state index is 0.751. The molecule has 1 N–H and O–H groups in total. The van der Waals surface area contributed by atoms with E-state index in [1.54, 1.807) is 6.08 Å². The van der Waals surface area contributed by atoms with E-state index in [-0.39, 0.29) is 0 Å². The highest BCUT2D eigenvalue weighted by Crippen LogP contribution is 2.23. The zero-order valence-electron chi connectivity index (χ0n) is 13.3. The van der Waals surface area contributed by atoms with Gasteiger partial charge < -0.3 is 5.11 Å². The van der Waals surface area contributed by atoms with Crippen LogP contribution in [0.1, 0.15) is 16.7 Å². The van der Waals surface area contributed by atoms with Crippen molar-refractivity contribution < 1.29 is 5.11 Å². The van der Waals surface area contributed by atoms with E-state index in [4.69, 9.17) is 0 Å². The van der Waals surface area contributed by atoms with Gasteiger partial charge >= 0.3 is 0 Å². The van der Waals surface area contributed by atoms with Gasteiger partial charge in [0.05, 0.1) is 0 Å². The van der Waals surface area contributed by atoms with Gasteiger partial charge in [-0.05, 0) is 29.3 Å². The van der Waals surface area contributed by atoms with Crippen molar-refractivity contribution in [3.8, 4) is 11.8 Å². The molecule has 0 aliphatic heterocycles. The van der Waals surface area contributed by atoms with Gasteiger partial charge in [0, 0.05) is 5.56 Å². The standard InChI is InChI=1S/C23H18O/c24-23(22-14-8-3-9-15-22,18-16-20-10-4-1-5-11-20)19-17-21-12-6-2-7-13-21/h1-16,18,24H/b18-16+. The Morgan fingerprint density at radius 1 is 0.708 bits per heavy atom.